The molecule has 0 aromatic carbocycles. The zero-order valence-corrected chi connectivity index (χ0v) is 8.90. The summed E-state index contributed by atoms with van der Waals surface area (Å²) < 4.78 is 5.19. The molecular weight excluding hydrogens is 212 g/mol. The zero-order valence-electron chi connectivity index (χ0n) is 8.14. The first-order valence-corrected chi connectivity index (χ1v) is 4.80. The fourth-order valence-electron chi connectivity index (χ4n) is 1.28. The molecule has 0 bridgehead atoms. The standard InChI is InChI=1S/C11H9ClN2O/c1-15-10-3-2-5-14-11(10)9-7-8(12)4-6-13-9/h2-7H,1H3. The Labute approximate surface area is 92.7 Å². The molecule has 3 nitrogen and oxygen atoms in total. The van der Waals surface area contributed by atoms with Crippen LogP contribution in [0.5, 0.6) is 5.75 Å². The molecule has 0 aliphatic rings. The van der Waals surface area contributed by atoms with Crippen molar-refractivity contribution in [2.75, 3.05) is 7.11 Å². The van der Waals surface area contributed by atoms with Gasteiger partial charge in [0.05, 0.1) is 12.8 Å². The SMILES string of the molecule is COc1cccnc1-c1cc(Cl)ccn1. The second kappa shape index (κ2) is 4.28. The van der Waals surface area contributed by atoms with Crippen LogP contribution < -0.4 is 4.74 Å². The monoisotopic (exact) mass is 220 g/mol. The van der Waals surface area contributed by atoms with Crippen LogP contribution in [0.25, 0.3) is 11.4 Å². The van der Waals surface area contributed by atoms with Crippen molar-refractivity contribution in [1.29, 1.82) is 0 Å². The smallest absolute Gasteiger partial charge is 0.146 e. The normalized spacial score (nSPS) is 10.0. The molecule has 0 radical (unpaired) electrons. The van der Waals surface area contributed by atoms with Gasteiger partial charge in [-0.25, -0.2) is 0 Å². The topological polar surface area (TPSA) is 35.0 Å². The maximum Gasteiger partial charge on any atom is 0.146 e. The van der Waals surface area contributed by atoms with Gasteiger partial charge in [0.1, 0.15) is 11.4 Å². The van der Waals surface area contributed by atoms with Crippen LogP contribution in [0.1, 0.15) is 0 Å². The van der Waals surface area contributed by atoms with Gasteiger partial charge >= 0.3 is 0 Å². The average molecular weight is 221 g/mol. The van der Waals surface area contributed by atoms with Gasteiger partial charge in [-0.3, -0.25) is 9.97 Å². The minimum absolute atomic E-state index is 0.632. The van der Waals surface area contributed by atoms with Gasteiger partial charge in [-0.05, 0) is 24.3 Å². The molecule has 0 amide bonds. The predicted octanol–water partition coefficient (Wildman–Crippen LogP) is 2.81. The van der Waals surface area contributed by atoms with E-state index in [4.69, 9.17) is 16.3 Å². The molecule has 0 aliphatic carbocycles. The summed E-state index contributed by atoms with van der Waals surface area (Å²) in [6, 6.07) is 7.13. The Hall–Kier alpha value is -1.61. The van der Waals surface area contributed by atoms with E-state index in [1.54, 1.807) is 31.6 Å². The Balaban J connectivity index is 2.53. The van der Waals surface area contributed by atoms with E-state index in [1.807, 2.05) is 12.1 Å². The lowest BCUT2D eigenvalue weighted by Gasteiger charge is -2.05. The van der Waals surface area contributed by atoms with Crippen molar-refractivity contribution in [1.82, 2.24) is 9.97 Å². The second-order valence-electron chi connectivity index (χ2n) is 2.91. The van der Waals surface area contributed by atoms with Gasteiger partial charge in [-0.15, -0.1) is 0 Å². The van der Waals surface area contributed by atoms with Crippen molar-refractivity contribution in [3.8, 4) is 17.1 Å². The van der Waals surface area contributed by atoms with Crippen LogP contribution in [-0.2, 0) is 0 Å². The Kier molecular flexibility index (Phi) is 2.83. The molecule has 0 aliphatic heterocycles. The van der Waals surface area contributed by atoms with Crippen LogP contribution in [0.4, 0.5) is 0 Å². The lowest BCUT2D eigenvalue weighted by molar-refractivity contribution is 0.414. The molecule has 0 fully saturated rings. The molecule has 0 atom stereocenters. The van der Waals surface area contributed by atoms with E-state index in [9.17, 15) is 0 Å². The lowest BCUT2D eigenvalue weighted by Crippen LogP contribution is -1.92. The first-order chi connectivity index (χ1) is 7.31. The highest BCUT2D eigenvalue weighted by molar-refractivity contribution is 6.30. The fraction of sp³-hybridized carbons (Fsp3) is 0.0909. The third-order valence-electron chi connectivity index (χ3n) is 1.96. The van der Waals surface area contributed by atoms with Gasteiger partial charge in [0.25, 0.3) is 0 Å². The van der Waals surface area contributed by atoms with Gasteiger partial charge in [0, 0.05) is 17.4 Å². The zero-order chi connectivity index (χ0) is 10.7. The van der Waals surface area contributed by atoms with Crippen LogP contribution in [0, 0.1) is 0 Å². The minimum Gasteiger partial charge on any atom is -0.494 e. The number of methoxy groups -OCH3 is 1. The Morgan fingerprint density at radius 3 is 2.80 bits per heavy atom. The van der Waals surface area contributed by atoms with Crippen molar-refractivity contribution < 1.29 is 4.74 Å². The number of ether oxygens (including phenoxy) is 1. The van der Waals surface area contributed by atoms with E-state index >= 15 is 0 Å². The molecule has 0 N–H and O–H groups in total. The summed E-state index contributed by atoms with van der Waals surface area (Å²) in [7, 11) is 1.60. The third kappa shape index (κ3) is 2.07. The van der Waals surface area contributed by atoms with E-state index in [0.29, 0.717) is 22.2 Å². The Bertz CT molecular complexity index is 474. The number of hydrogen-bond acceptors (Lipinski definition) is 3. The van der Waals surface area contributed by atoms with Crippen LogP contribution in [0.15, 0.2) is 36.7 Å². The molecular formula is C11H9ClN2O. The van der Waals surface area contributed by atoms with Crippen LogP contribution >= 0.6 is 11.6 Å². The molecule has 2 rings (SSSR count). The highest BCUT2D eigenvalue weighted by Crippen LogP contribution is 2.26. The molecule has 0 unspecified atom stereocenters. The Morgan fingerprint density at radius 1 is 1.20 bits per heavy atom. The van der Waals surface area contributed by atoms with Crippen molar-refractivity contribution in [3.63, 3.8) is 0 Å². The largest absolute Gasteiger partial charge is 0.494 e. The first-order valence-electron chi connectivity index (χ1n) is 4.42. The van der Waals surface area contributed by atoms with E-state index in [-0.39, 0.29) is 0 Å². The molecule has 15 heavy (non-hydrogen) atoms. The summed E-state index contributed by atoms with van der Waals surface area (Å²) in [6.07, 6.45) is 3.34. The fourth-order valence-corrected chi connectivity index (χ4v) is 1.44. The second-order valence-corrected chi connectivity index (χ2v) is 3.35. The van der Waals surface area contributed by atoms with E-state index in [2.05, 4.69) is 9.97 Å². The summed E-state index contributed by atoms with van der Waals surface area (Å²) in [6.45, 7) is 0. The van der Waals surface area contributed by atoms with Crippen LogP contribution in [0.3, 0.4) is 0 Å². The number of hydrogen-bond donors (Lipinski definition) is 0. The van der Waals surface area contributed by atoms with E-state index < -0.39 is 0 Å². The summed E-state index contributed by atoms with van der Waals surface area (Å²) in [5.41, 5.74) is 1.41. The quantitative estimate of drug-likeness (QED) is 0.781. The molecule has 0 saturated carbocycles. The van der Waals surface area contributed by atoms with E-state index in [1.165, 1.54) is 0 Å². The maximum absolute atomic E-state index is 5.88. The lowest BCUT2D eigenvalue weighted by atomic mass is 10.2. The molecule has 0 spiro atoms. The predicted molar refractivity (Wildman–Crippen MR) is 59.0 cm³/mol. The first kappa shape index (κ1) is 9.93. The molecule has 76 valence electrons. The van der Waals surface area contributed by atoms with Crippen molar-refractivity contribution in [3.05, 3.63) is 41.7 Å². The summed E-state index contributed by atoms with van der Waals surface area (Å²) in [4.78, 5) is 8.41. The summed E-state index contributed by atoms with van der Waals surface area (Å²) in [5, 5.41) is 0.632. The van der Waals surface area contributed by atoms with Crippen molar-refractivity contribution in [2.45, 2.75) is 0 Å². The molecule has 2 aromatic rings. The molecule has 0 saturated heterocycles. The number of pyridine rings is 2. The van der Waals surface area contributed by atoms with Gasteiger partial charge in [-0.2, -0.15) is 0 Å². The minimum atomic E-state index is 0.632. The molecule has 2 heterocycles. The number of aromatic nitrogens is 2. The van der Waals surface area contributed by atoms with Gasteiger partial charge in [-0.1, -0.05) is 11.6 Å². The van der Waals surface area contributed by atoms with Gasteiger partial charge in [0.15, 0.2) is 0 Å². The highest BCUT2D eigenvalue weighted by Gasteiger charge is 2.07. The molecule has 4 heteroatoms. The maximum atomic E-state index is 5.88. The summed E-state index contributed by atoms with van der Waals surface area (Å²) in [5.74, 6) is 0.687. The van der Waals surface area contributed by atoms with E-state index in [0.717, 1.165) is 0 Å². The molecule has 2 aromatic heterocycles. The van der Waals surface area contributed by atoms with Crippen molar-refractivity contribution >= 4 is 11.6 Å². The Morgan fingerprint density at radius 2 is 2.07 bits per heavy atom. The van der Waals surface area contributed by atoms with Crippen LogP contribution in [0.2, 0.25) is 5.02 Å². The summed E-state index contributed by atoms with van der Waals surface area (Å²) >= 11 is 5.88. The number of nitrogens with zero attached hydrogens (tertiary/aromatic N) is 2. The average Bonchev–Trinajstić information content (AvgIpc) is 2.29. The van der Waals surface area contributed by atoms with Gasteiger partial charge < -0.3 is 4.74 Å². The van der Waals surface area contributed by atoms with Gasteiger partial charge in [0.2, 0.25) is 0 Å². The van der Waals surface area contributed by atoms with Crippen LogP contribution in [-0.4, -0.2) is 17.1 Å². The number of rotatable bonds is 2. The highest BCUT2D eigenvalue weighted by atomic mass is 35.5. The number of halogens is 1. The van der Waals surface area contributed by atoms with Crippen molar-refractivity contribution in [2.24, 2.45) is 0 Å². The third-order valence-corrected chi connectivity index (χ3v) is 2.19.